The molecule has 2 rings (SSSR count). The van der Waals surface area contributed by atoms with E-state index in [4.69, 9.17) is 0 Å². The Labute approximate surface area is 160 Å². The van der Waals surface area contributed by atoms with Crippen molar-refractivity contribution in [3.63, 3.8) is 0 Å². The summed E-state index contributed by atoms with van der Waals surface area (Å²) in [5.74, 6) is 0. The average Bonchev–Trinajstić information content (AvgIpc) is 2.52. The van der Waals surface area contributed by atoms with Crippen LogP contribution in [0.25, 0.3) is 6.08 Å². The highest BCUT2D eigenvalue weighted by Gasteiger charge is 1.92. The minimum absolute atomic E-state index is 0.762. The van der Waals surface area contributed by atoms with Crippen LogP contribution in [0.15, 0.2) is 67.3 Å². The van der Waals surface area contributed by atoms with Crippen LogP contribution in [0.1, 0.15) is 29.8 Å². The first kappa shape index (κ1) is 21.0. The number of carbonyl (C=O) groups is 1. The van der Waals surface area contributed by atoms with E-state index in [9.17, 15) is 4.79 Å². The summed E-state index contributed by atoms with van der Waals surface area (Å²) in [6, 6.07) is 15.8. The molecule has 0 aliphatic rings. The molecule has 0 saturated heterocycles. The minimum atomic E-state index is 0.762. The number of hydrogen-bond donors (Lipinski definition) is 0. The number of rotatable bonds is 2. The topological polar surface area (TPSA) is 17.1 Å². The number of benzene rings is 2. The van der Waals surface area contributed by atoms with Crippen molar-refractivity contribution in [2.24, 2.45) is 0 Å². The molecule has 0 aliphatic heterocycles. The summed E-state index contributed by atoms with van der Waals surface area (Å²) >= 11 is 4.46. The van der Waals surface area contributed by atoms with Gasteiger partial charge in [0, 0.05) is 12.7 Å². The lowest BCUT2D eigenvalue weighted by Gasteiger charge is -1.94. The van der Waals surface area contributed by atoms with Gasteiger partial charge < -0.3 is 0 Å². The molecule has 0 fully saturated rings. The maximum absolute atomic E-state index is 10.2. The summed E-state index contributed by atoms with van der Waals surface area (Å²) in [5, 5.41) is 0. The van der Waals surface area contributed by atoms with Crippen LogP contribution in [-0.2, 0) is 0 Å². The summed E-state index contributed by atoms with van der Waals surface area (Å²) < 4.78 is 2.31. The van der Waals surface area contributed by atoms with E-state index in [1.165, 1.54) is 9.13 Å². The van der Waals surface area contributed by atoms with Crippen LogP contribution in [0.4, 0.5) is 0 Å². The minimum Gasteiger partial charge on any atom is -0.298 e. The van der Waals surface area contributed by atoms with E-state index in [-0.39, 0.29) is 0 Å². The van der Waals surface area contributed by atoms with Gasteiger partial charge in [0.1, 0.15) is 0 Å². The molecule has 0 aliphatic carbocycles. The maximum Gasteiger partial charge on any atom is 0.151 e. The summed E-state index contributed by atoms with van der Waals surface area (Å²) in [5.41, 5.74) is 2.06. The number of allylic oxidation sites excluding steroid dienone is 2. The fraction of sp³-hybridized carbons (Fsp3) is 0.105. The zero-order valence-corrected chi connectivity index (χ0v) is 17.1. The Hall–Kier alpha value is -0.950. The van der Waals surface area contributed by atoms with Gasteiger partial charge in [-0.15, -0.1) is 6.58 Å². The molecule has 0 atom stereocenters. The summed E-state index contributed by atoms with van der Waals surface area (Å²) in [4.78, 5) is 10.2. The van der Waals surface area contributed by atoms with Crippen molar-refractivity contribution in [3.8, 4) is 0 Å². The molecule has 0 spiro atoms. The first-order valence-electron chi connectivity index (χ1n) is 6.74. The lowest BCUT2D eigenvalue weighted by atomic mass is 10.2. The lowest BCUT2D eigenvalue weighted by molar-refractivity contribution is 0.112. The van der Waals surface area contributed by atoms with Crippen LogP contribution >= 0.6 is 45.2 Å². The summed E-state index contributed by atoms with van der Waals surface area (Å²) in [6.07, 6.45) is 6.78. The second-order valence-electron chi connectivity index (χ2n) is 4.07. The monoisotopic (exact) mass is 518 g/mol. The van der Waals surface area contributed by atoms with Gasteiger partial charge in [-0.2, -0.15) is 0 Å². The molecule has 1 nitrogen and oxygen atoms in total. The highest BCUT2D eigenvalue weighted by molar-refractivity contribution is 14.1. The van der Waals surface area contributed by atoms with E-state index >= 15 is 0 Å². The molecule has 0 radical (unpaired) electrons. The van der Waals surface area contributed by atoms with Gasteiger partial charge in [-0.1, -0.05) is 54.6 Å². The van der Waals surface area contributed by atoms with E-state index in [2.05, 4.69) is 88.2 Å². The standard InChI is InChI=1S/C9H9I.C7H5IO.C3H6/c1-2-5-8-6-3-4-7-9(8)10;8-7-4-2-1-3-6(7)5-9;1-3-2/h2-7H,1H3;1-5H;3H,1H2,2H3. The molecule has 0 heterocycles. The highest BCUT2D eigenvalue weighted by Crippen LogP contribution is 2.12. The van der Waals surface area contributed by atoms with Crippen molar-refractivity contribution in [1.29, 1.82) is 0 Å². The predicted molar refractivity (Wildman–Crippen MR) is 114 cm³/mol. The van der Waals surface area contributed by atoms with Crippen molar-refractivity contribution < 1.29 is 4.79 Å². The average molecular weight is 518 g/mol. The highest BCUT2D eigenvalue weighted by atomic mass is 127. The Kier molecular flexibility index (Phi) is 13.1. The van der Waals surface area contributed by atoms with Gasteiger partial charge in [-0.25, -0.2) is 0 Å². The maximum atomic E-state index is 10.2. The Morgan fingerprint density at radius 1 is 0.864 bits per heavy atom. The van der Waals surface area contributed by atoms with E-state index < -0.39 is 0 Å². The second kappa shape index (κ2) is 13.7. The van der Waals surface area contributed by atoms with Crippen LogP contribution in [0.2, 0.25) is 0 Å². The zero-order valence-electron chi connectivity index (χ0n) is 12.8. The van der Waals surface area contributed by atoms with Crippen molar-refractivity contribution >= 4 is 57.5 Å². The molecule has 0 aromatic heterocycles. The smallest absolute Gasteiger partial charge is 0.151 e. The van der Waals surface area contributed by atoms with Gasteiger partial charge in [0.15, 0.2) is 6.29 Å². The van der Waals surface area contributed by atoms with Gasteiger partial charge in [0.05, 0.1) is 0 Å². The number of carbonyl (C=O) groups excluding carboxylic acids is 1. The van der Waals surface area contributed by atoms with Crippen LogP contribution in [0.3, 0.4) is 0 Å². The van der Waals surface area contributed by atoms with Gasteiger partial charge in [-0.3, -0.25) is 4.79 Å². The number of halogens is 2. The first-order chi connectivity index (χ1) is 10.6. The third-order valence-corrected chi connectivity index (χ3v) is 4.25. The Morgan fingerprint density at radius 2 is 1.27 bits per heavy atom. The van der Waals surface area contributed by atoms with E-state index in [0.717, 1.165) is 15.4 Å². The molecule has 0 N–H and O–H groups in total. The molecule has 0 unspecified atom stereocenters. The number of aldehydes is 1. The molecule has 116 valence electrons. The fourth-order valence-corrected chi connectivity index (χ4v) is 2.44. The summed E-state index contributed by atoms with van der Waals surface area (Å²) in [7, 11) is 0. The first-order valence-corrected chi connectivity index (χ1v) is 8.90. The largest absolute Gasteiger partial charge is 0.298 e. The molecule has 0 saturated carbocycles. The Morgan fingerprint density at radius 3 is 1.59 bits per heavy atom. The van der Waals surface area contributed by atoms with Crippen molar-refractivity contribution in [2.75, 3.05) is 0 Å². The molecule has 2 aromatic rings. The Balaban J connectivity index is 0.000000342. The SMILES string of the molecule is C=CC.CC=Cc1ccccc1I.O=Cc1ccccc1I. The summed E-state index contributed by atoms with van der Waals surface area (Å²) in [6.45, 7) is 7.28. The molecular weight excluding hydrogens is 498 g/mol. The molecular formula is C19H20I2O. The van der Waals surface area contributed by atoms with Gasteiger partial charge >= 0.3 is 0 Å². The van der Waals surface area contributed by atoms with E-state index in [1.807, 2.05) is 32.0 Å². The van der Waals surface area contributed by atoms with Crippen LogP contribution in [0, 0.1) is 7.14 Å². The lowest BCUT2D eigenvalue weighted by Crippen LogP contribution is -1.81. The fourth-order valence-electron chi connectivity index (χ4n) is 1.36. The van der Waals surface area contributed by atoms with Gasteiger partial charge in [0.25, 0.3) is 0 Å². The van der Waals surface area contributed by atoms with Crippen LogP contribution in [0.5, 0.6) is 0 Å². The Bertz CT molecular complexity index is 604. The second-order valence-corrected chi connectivity index (χ2v) is 6.39. The molecule has 3 heteroatoms. The van der Waals surface area contributed by atoms with Crippen molar-refractivity contribution in [2.45, 2.75) is 13.8 Å². The van der Waals surface area contributed by atoms with Gasteiger partial charge in [-0.05, 0) is 76.7 Å². The number of hydrogen-bond acceptors (Lipinski definition) is 1. The van der Waals surface area contributed by atoms with E-state index in [0.29, 0.717) is 0 Å². The third-order valence-electron chi connectivity index (χ3n) is 2.28. The van der Waals surface area contributed by atoms with Crippen molar-refractivity contribution in [1.82, 2.24) is 0 Å². The zero-order chi connectivity index (χ0) is 16.8. The normalized spacial score (nSPS) is 9.09. The molecule has 22 heavy (non-hydrogen) atoms. The van der Waals surface area contributed by atoms with Gasteiger partial charge in [0.2, 0.25) is 0 Å². The third kappa shape index (κ3) is 9.15. The molecule has 0 amide bonds. The predicted octanol–water partition coefficient (Wildman–Crippen LogP) is 6.62. The van der Waals surface area contributed by atoms with E-state index in [1.54, 1.807) is 12.1 Å². The van der Waals surface area contributed by atoms with Crippen LogP contribution in [-0.4, -0.2) is 6.29 Å². The molecule has 0 bridgehead atoms. The van der Waals surface area contributed by atoms with Crippen molar-refractivity contribution in [3.05, 3.63) is 85.5 Å². The molecule has 2 aromatic carbocycles. The van der Waals surface area contributed by atoms with Crippen LogP contribution < -0.4 is 0 Å². The quantitative estimate of drug-likeness (QED) is 0.248.